The smallest absolute Gasteiger partial charge is 0.333 e. The Labute approximate surface area is 145 Å². The highest BCUT2D eigenvalue weighted by Crippen LogP contribution is 2.26. The van der Waals surface area contributed by atoms with Crippen molar-refractivity contribution in [3.05, 3.63) is 35.8 Å². The lowest BCUT2D eigenvalue weighted by Crippen LogP contribution is -2.36. The molecule has 1 aliphatic heterocycles. The number of rotatable bonds is 4. The molecule has 132 valence electrons. The molecule has 2 heterocycles. The molecule has 0 saturated carbocycles. The molecular weight excluding hydrogens is 355 g/mol. The lowest BCUT2D eigenvalue weighted by Gasteiger charge is -2.18. The van der Waals surface area contributed by atoms with Gasteiger partial charge in [-0.1, -0.05) is 0 Å². The van der Waals surface area contributed by atoms with Crippen molar-refractivity contribution in [2.24, 2.45) is 5.92 Å². The quantitative estimate of drug-likeness (QED) is 0.901. The van der Waals surface area contributed by atoms with E-state index in [4.69, 9.17) is 0 Å². The Hall–Kier alpha value is -2.42. The third-order valence-corrected chi connectivity index (χ3v) is 4.61. The number of nitrogens with zero attached hydrogens (tertiary/aromatic N) is 2. The van der Waals surface area contributed by atoms with Crippen LogP contribution in [0.3, 0.4) is 0 Å². The Kier molecular flexibility index (Phi) is 4.76. The minimum absolute atomic E-state index is 0.209. The predicted octanol–water partition coefficient (Wildman–Crippen LogP) is 3.16. The first kappa shape index (κ1) is 17.4. The molecule has 2 aromatic rings. The Morgan fingerprint density at radius 3 is 2.64 bits per heavy atom. The summed E-state index contributed by atoms with van der Waals surface area (Å²) in [5.41, 5.74) is 1.42. The van der Waals surface area contributed by atoms with Gasteiger partial charge in [-0.25, -0.2) is 4.98 Å². The minimum atomic E-state index is -4.47. The van der Waals surface area contributed by atoms with Gasteiger partial charge in [-0.3, -0.25) is 9.59 Å². The van der Waals surface area contributed by atoms with Gasteiger partial charge in [0, 0.05) is 35.8 Å². The largest absolute Gasteiger partial charge is 0.406 e. The first-order chi connectivity index (χ1) is 11.8. The third kappa shape index (κ3) is 4.36. The molecule has 1 N–H and O–H groups in total. The molecule has 5 nitrogen and oxygen atoms in total. The number of thiazole rings is 1. The van der Waals surface area contributed by atoms with Crippen molar-refractivity contribution in [3.63, 3.8) is 0 Å². The number of likely N-dealkylation sites (tertiary alicyclic amines) is 1. The van der Waals surface area contributed by atoms with E-state index >= 15 is 0 Å². The van der Waals surface area contributed by atoms with E-state index in [1.807, 2.05) is 5.38 Å². The van der Waals surface area contributed by atoms with Crippen LogP contribution < -0.4 is 5.32 Å². The Morgan fingerprint density at radius 2 is 2.04 bits per heavy atom. The van der Waals surface area contributed by atoms with Crippen LogP contribution >= 0.6 is 11.3 Å². The normalized spacial score (nSPS) is 17.8. The molecule has 1 saturated heterocycles. The van der Waals surface area contributed by atoms with Gasteiger partial charge >= 0.3 is 6.18 Å². The maximum Gasteiger partial charge on any atom is 0.406 e. The van der Waals surface area contributed by atoms with Crippen molar-refractivity contribution < 1.29 is 22.8 Å². The van der Waals surface area contributed by atoms with Crippen molar-refractivity contribution in [3.8, 4) is 10.6 Å². The lowest BCUT2D eigenvalue weighted by atomic mass is 10.1. The van der Waals surface area contributed by atoms with E-state index in [0.717, 1.165) is 10.6 Å². The van der Waals surface area contributed by atoms with Crippen molar-refractivity contribution in [2.45, 2.75) is 12.6 Å². The highest BCUT2D eigenvalue weighted by atomic mass is 32.1. The molecule has 1 aromatic carbocycles. The molecule has 1 aromatic heterocycles. The number of alkyl halides is 3. The summed E-state index contributed by atoms with van der Waals surface area (Å²) >= 11 is 1.49. The van der Waals surface area contributed by atoms with Gasteiger partial charge in [0.1, 0.15) is 11.6 Å². The topological polar surface area (TPSA) is 62.3 Å². The predicted molar refractivity (Wildman–Crippen MR) is 86.9 cm³/mol. The Balaban J connectivity index is 1.60. The summed E-state index contributed by atoms with van der Waals surface area (Å²) in [5, 5.41) is 5.35. The number of nitrogens with one attached hydrogen (secondary N) is 1. The third-order valence-electron chi connectivity index (χ3n) is 3.79. The fourth-order valence-electron chi connectivity index (χ4n) is 2.62. The second-order valence-electron chi connectivity index (χ2n) is 5.69. The van der Waals surface area contributed by atoms with Gasteiger partial charge in [-0.05, 0) is 24.3 Å². The summed E-state index contributed by atoms with van der Waals surface area (Å²) in [5.74, 6) is -1.90. The zero-order valence-electron chi connectivity index (χ0n) is 12.9. The van der Waals surface area contributed by atoms with Crippen LogP contribution in [0.5, 0.6) is 0 Å². The SMILES string of the molecule is O=C(Nc1ccc(-c2nccs2)cc1)C1CC(=O)N(CC(F)(F)F)C1. The van der Waals surface area contributed by atoms with Crippen LogP contribution in [-0.4, -0.2) is 41.0 Å². The maximum absolute atomic E-state index is 12.4. The lowest BCUT2D eigenvalue weighted by molar-refractivity contribution is -0.157. The fourth-order valence-corrected chi connectivity index (χ4v) is 3.27. The summed E-state index contributed by atoms with van der Waals surface area (Å²) in [7, 11) is 0. The molecule has 0 bridgehead atoms. The molecule has 25 heavy (non-hydrogen) atoms. The second-order valence-corrected chi connectivity index (χ2v) is 6.59. The van der Waals surface area contributed by atoms with E-state index in [1.54, 1.807) is 30.5 Å². The van der Waals surface area contributed by atoms with E-state index in [1.165, 1.54) is 11.3 Å². The first-order valence-corrected chi connectivity index (χ1v) is 8.35. The maximum atomic E-state index is 12.4. The summed E-state index contributed by atoms with van der Waals surface area (Å²) in [4.78, 5) is 28.7. The van der Waals surface area contributed by atoms with Crippen LogP contribution in [0.2, 0.25) is 0 Å². The van der Waals surface area contributed by atoms with Gasteiger partial charge in [-0.2, -0.15) is 13.2 Å². The van der Waals surface area contributed by atoms with Crippen molar-refractivity contribution in [1.82, 2.24) is 9.88 Å². The zero-order valence-corrected chi connectivity index (χ0v) is 13.7. The van der Waals surface area contributed by atoms with E-state index in [-0.39, 0.29) is 13.0 Å². The monoisotopic (exact) mass is 369 g/mol. The number of halogens is 3. The van der Waals surface area contributed by atoms with Gasteiger partial charge in [0.05, 0.1) is 5.92 Å². The van der Waals surface area contributed by atoms with Crippen LogP contribution in [0.15, 0.2) is 35.8 Å². The average molecular weight is 369 g/mol. The number of hydrogen-bond donors (Lipinski definition) is 1. The number of anilines is 1. The van der Waals surface area contributed by atoms with Crippen LogP contribution in [0.4, 0.5) is 18.9 Å². The van der Waals surface area contributed by atoms with E-state index in [0.29, 0.717) is 10.6 Å². The molecule has 0 spiro atoms. The van der Waals surface area contributed by atoms with Gasteiger partial charge in [0.2, 0.25) is 11.8 Å². The van der Waals surface area contributed by atoms with Crippen LogP contribution in [0.1, 0.15) is 6.42 Å². The molecule has 0 radical (unpaired) electrons. The van der Waals surface area contributed by atoms with Crippen LogP contribution in [0.25, 0.3) is 10.6 Å². The van der Waals surface area contributed by atoms with Crippen molar-refractivity contribution >= 4 is 28.8 Å². The van der Waals surface area contributed by atoms with Crippen LogP contribution in [0, 0.1) is 5.92 Å². The number of carbonyl (C=O) groups is 2. The van der Waals surface area contributed by atoms with Gasteiger partial charge in [-0.15, -0.1) is 11.3 Å². The second kappa shape index (κ2) is 6.83. The van der Waals surface area contributed by atoms with Crippen LogP contribution in [-0.2, 0) is 9.59 Å². The molecule has 1 unspecified atom stereocenters. The Morgan fingerprint density at radius 1 is 1.32 bits per heavy atom. The number of amides is 2. The molecule has 1 fully saturated rings. The molecule has 1 atom stereocenters. The first-order valence-electron chi connectivity index (χ1n) is 7.47. The van der Waals surface area contributed by atoms with E-state index < -0.39 is 30.5 Å². The number of carbonyl (C=O) groups excluding carboxylic acids is 2. The molecule has 2 amide bonds. The molecule has 1 aliphatic rings. The summed E-state index contributed by atoms with van der Waals surface area (Å²) in [6.07, 6.45) is -2.98. The van der Waals surface area contributed by atoms with E-state index in [9.17, 15) is 22.8 Å². The number of aromatic nitrogens is 1. The average Bonchev–Trinajstić information content (AvgIpc) is 3.17. The van der Waals surface area contributed by atoms with Gasteiger partial charge in [0.25, 0.3) is 0 Å². The van der Waals surface area contributed by atoms with E-state index in [2.05, 4.69) is 10.3 Å². The minimum Gasteiger partial charge on any atom is -0.333 e. The number of benzene rings is 1. The summed E-state index contributed by atoms with van der Waals surface area (Å²) in [6, 6.07) is 6.98. The van der Waals surface area contributed by atoms with Crippen molar-refractivity contribution in [2.75, 3.05) is 18.4 Å². The van der Waals surface area contributed by atoms with Gasteiger partial charge in [0.15, 0.2) is 0 Å². The molecule has 9 heteroatoms. The highest BCUT2D eigenvalue weighted by Gasteiger charge is 2.40. The standard InChI is InChI=1S/C16H14F3N3O2S/c17-16(18,19)9-22-8-11(7-13(22)23)14(24)21-12-3-1-10(2-4-12)15-20-5-6-25-15/h1-6,11H,7-9H2,(H,21,24). The molecular formula is C16H14F3N3O2S. The van der Waals surface area contributed by atoms with Gasteiger partial charge < -0.3 is 10.2 Å². The Bertz CT molecular complexity index is 760. The molecule has 3 rings (SSSR count). The molecule has 0 aliphatic carbocycles. The number of hydrogen-bond acceptors (Lipinski definition) is 4. The van der Waals surface area contributed by atoms with Crippen molar-refractivity contribution in [1.29, 1.82) is 0 Å². The fraction of sp³-hybridized carbons (Fsp3) is 0.312. The summed E-state index contributed by atoms with van der Waals surface area (Å²) in [6.45, 7) is -1.54. The highest BCUT2D eigenvalue weighted by molar-refractivity contribution is 7.13. The zero-order chi connectivity index (χ0) is 18.0. The summed E-state index contributed by atoms with van der Waals surface area (Å²) < 4.78 is 37.2.